The first kappa shape index (κ1) is 20.1. The molecule has 3 heterocycles. The molecule has 1 aromatic carbocycles. The average Bonchev–Trinajstić information content (AvgIpc) is 3.22. The molecule has 0 saturated carbocycles. The topological polar surface area (TPSA) is 120 Å². The zero-order valence-corrected chi connectivity index (χ0v) is 17.3. The second-order valence-corrected chi connectivity index (χ2v) is 7.92. The van der Waals surface area contributed by atoms with Crippen LogP contribution in [0.4, 0.5) is 11.5 Å². The molecule has 0 bridgehead atoms. The van der Waals surface area contributed by atoms with Gasteiger partial charge >= 0.3 is 11.8 Å². The van der Waals surface area contributed by atoms with Crippen LogP contribution in [-0.4, -0.2) is 63.0 Å². The molecule has 0 spiro atoms. The van der Waals surface area contributed by atoms with E-state index in [1.54, 1.807) is 11.0 Å². The summed E-state index contributed by atoms with van der Waals surface area (Å²) in [4.78, 5) is 33.8. The van der Waals surface area contributed by atoms with Crippen LogP contribution in [-0.2, 0) is 9.59 Å². The third kappa shape index (κ3) is 3.69. The molecule has 1 saturated heterocycles. The van der Waals surface area contributed by atoms with Crippen molar-refractivity contribution in [3.63, 3.8) is 0 Å². The molecule has 1 aliphatic rings. The Labute approximate surface area is 178 Å². The smallest absolute Gasteiger partial charge is 0.314 e. The normalized spacial score (nSPS) is 19.8. The van der Waals surface area contributed by atoms with Crippen LogP contribution in [0.1, 0.15) is 18.5 Å². The van der Waals surface area contributed by atoms with E-state index in [4.69, 9.17) is 17.3 Å². The monoisotopic (exact) mass is 427 g/mol. The first-order valence-corrected chi connectivity index (χ1v) is 9.88. The molecule has 30 heavy (non-hydrogen) atoms. The second-order valence-electron chi connectivity index (χ2n) is 7.49. The number of hydrogen-bond acceptors (Lipinski definition) is 6. The van der Waals surface area contributed by atoms with Crippen LogP contribution in [0.2, 0.25) is 5.02 Å². The minimum atomic E-state index is -0.749. The molecule has 0 aliphatic carbocycles. The number of nitrogens with one attached hydrogen (secondary N) is 2. The summed E-state index contributed by atoms with van der Waals surface area (Å²) in [6, 6.07) is 7.17. The Bertz CT molecular complexity index is 1120. The molecule has 10 heteroatoms. The molecule has 1 aliphatic heterocycles. The molecule has 4 N–H and O–H groups in total. The van der Waals surface area contributed by atoms with Crippen LogP contribution in [0, 0.1) is 0 Å². The highest BCUT2D eigenvalue weighted by Gasteiger charge is 2.36. The van der Waals surface area contributed by atoms with E-state index in [0.29, 0.717) is 34.7 Å². The van der Waals surface area contributed by atoms with Crippen molar-refractivity contribution in [2.45, 2.75) is 19.0 Å². The maximum Gasteiger partial charge on any atom is 0.314 e. The number of piperazine rings is 1. The lowest BCUT2D eigenvalue weighted by atomic mass is 10.00. The van der Waals surface area contributed by atoms with Crippen molar-refractivity contribution < 1.29 is 9.59 Å². The Hall–Kier alpha value is -3.17. The summed E-state index contributed by atoms with van der Waals surface area (Å²) in [7, 11) is 2.00. The van der Waals surface area contributed by atoms with Gasteiger partial charge in [-0.3, -0.25) is 19.6 Å². The molecule has 156 valence electrons. The highest BCUT2D eigenvalue weighted by molar-refractivity contribution is 6.40. The Balaban J connectivity index is 1.61. The van der Waals surface area contributed by atoms with Crippen molar-refractivity contribution in [2.75, 3.05) is 31.2 Å². The molecular weight excluding hydrogens is 406 g/mol. The number of halogens is 1. The van der Waals surface area contributed by atoms with Crippen LogP contribution < -0.4 is 11.1 Å². The van der Waals surface area contributed by atoms with E-state index in [2.05, 4.69) is 25.4 Å². The maximum atomic E-state index is 13.2. The van der Waals surface area contributed by atoms with Crippen molar-refractivity contribution >= 4 is 45.8 Å². The van der Waals surface area contributed by atoms with Gasteiger partial charge in [-0.25, -0.2) is 4.98 Å². The fourth-order valence-corrected chi connectivity index (χ4v) is 3.88. The Kier molecular flexibility index (Phi) is 5.31. The van der Waals surface area contributed by atoms with Gasteiger partial charge in [-0.05, 0) is 31.7 Å². The van der Waals surface area contributed by atoms with Gasteiger partial charge in [0, 0.05) is 24.2 Å². The number of aromatic amines is 1. The van der Waals surface area contributed by atoms with Gasteiger partial charge in [-0.15, -0.1) is 0 Å². The number of rotatable bonds is 2. The molecule has 2 atom stereocenters. The Morgan fingerprint density at radius 2 is 2.10 bits per heavy atom. The lowest BCUT2D eigenvalue weighted by Crippen LogP contribution is -2.55. The number of anilines is 2. The van der Waals surface area contributed by atoms with Gasteiger partial charge in [0.05, 0.1) is 35.0 Å². The van der Waals surface area contributed by atoms with Gasteiger partial charge in [0.1, 0.15) is 5.82 Å². The maximum absolute atomic E-state index is 13.2. The van der Waals surface area contributed by atoms with E-state index in [0.717, 1.165) is 5.56 Å². The summed E-state index contributed by atoms with van der Waals surface area (Å²) in [5, 5.41) is 10.5. The molecule has 0 radical (unpaired) electrons. The van der Waals surface area contributed by atoms with E-state index in [1.165, 1.54) is 12.4 Å². The van der Waals surface area contributed by atoms with Crippen molar-refractivity contribution in [1.82, 2.24) is 25.0 Å². The molecule has 1 fully saturated rings. The van der Waals surface area contributed by atoms with Gasteiger partial charge in [0.15, 0.2) is 0 Å². The number of benzene rings is 1. The van der Waals surface area contributed by atoms with Crippen molar-refractivity contribution in [1.29, 1.82) is 0 Å². The summed E-state index contributed by atoms with van der Waals surface area (Å²) in [6.45, 7) is 3.03. The lowest BCUT2D eigenvalue weighted by molar-refractivity contribution is -0.147. The quantitative estimate of drug-likeness (QED) is 0.538. The van der Waals surface area contributed by atoms with Crippen LogP contribution in [0.5, 0.6) is 0 Å². The largest absolute Gasteiger partial charge is 0.383 e. The summed E-state index contributed by atoms with van der Waals surface area (Å²) in [5.74, 6) is -1.08. The molecular formula is C20H22ClN7O2. The first-order valence-electron chi connectivity index (χ1n) is 9.50. The van der Waals surface area contributed by atoms with Crippen molar-refractivity contribution in [3.8, 4) is 0 Å². The number of amides is 2. The van der Waals surface area contributed by atoms with E-state index in [9.17, 15) is 9.59 Å². The van der Waals surface area contributed by atoms with Crippen LogP contribution in [0.3, 0.4) is 0 Å². The average molecular weight is 428 g/mol. The number of carbonyl (C=O) groups excluding carboxylic acids is 2. The van der Waals surface area contributed by atoms with E-state index in [-0.39, 0.29) is 17.9 Å². The molecule has 3 aromatic rings. The number of H-pyrrole nitrogens is 1. The summed E-state index contributed by atoms with van der Waals surface area (Å²) < 4.78 is 0. The highest BCUT2D eigenvalue weighted by Crippen LogP contribution is 2.30. The fourth-order valence-electron chi connectivity index (χ4n) is 3.68. The number of fused-ring (bicyclic) bond motifs is 1. The molecule has 2 amide bonds. The van der Waals surface area contributed by atoms with Crippen molar-refractivity contribution in [3.05, 3.63) is 47.2 Å². The molecule has 2 aromatic heterocycles. The highest BCUT2D eigenvalue weighted by atomic mass is 35.5. The zero-order valence-electron chi connectivity index (χ0n) is 16.6. The number of pyridine rings is 1. The standard InChI is InChI=1S/C20H22ClN7O2/c1-11-9-28(16(10-27(11)2)12-4-3-5-13(21)6-12)20(30)19(29)25-15-8-23-18(22)14-7-24-26-17(14)15/h3-8,11,16H,9-10H2,1-2H3,(H2,22,23)(H,24,26)(H,25,29)/t11-,16-/m1/s1. The number of nitrogens with zero attached hydrogens (tertiary/aromatic N) is 4. The van der Waals surface area contributed by atoms with Crippen LogP contribution in [0.15, 0.2) is 36.7 Å². The predicted molar refractivity (Wildman–Crippen MR) is 115 cm³/mol. The van der Waals surface area contributed by atoms with E-state index < -0.39 is 11.8 Å². The van der Waals surface area contributed by atoms with Gasteiger partial charge in [-0.2, -0.15) is 5.10 Å². The molecule has 0 unspecified atom stereocenters. The summed E-state index contributed by atoms with van der Waals surface area (Å²) in [5.41, 5.74) is 7.57. The Morgan fingerprint density at radius 3 is 2.87 bits per heavy atom. The Morgan fingerprint density at radius 1 is 1.30 bits per heavy atom. The third-order valence-corrected chi connectivity index (χ3v) is 5.74. The van der Waals surface area contributed by atoms with Crippen molar-refractivity contribution in [2.24, 2.45) is 0 Å². The van der Waals surface area contributed by atoms with Crippen LogP contribution >= 0.6 is 11.6 Å². The van der Waals surface area contributed by atoms with Crippen LogP contribution in [0.25, 0.3) is 10.9 Å². The number of carbonyl (C=O) groups is 2. The van der Waals surface area contributed by atoms with Gasteiger partial charge in [0.25, 0.3) is 0 Å². The number of nitrogen functional groups attached to an aromatic ring is 1. The SMILES string of the molecule is C[C@@H]1CN(C(=O)C(=O)Nc2cnc(N)c3cn[nH]c23)[C@@H](c2cccc(Cl)c2)CN1C. The van der Waals surface area contributed by atoms with E-state index in [1.807, 2.05) is 32.2 Å². The molecule has 4 rings (SSSR count). The minimum Gasteiger partial charge on any atom is -0.383 e. The van der Waals surface area contributed by atoms with E-state index >= 15 is 0 Å². The lowest BCUT2D eigenvalue weighted by Gasteiger charge is -2.43. The first-order chi connectivity index (χ1) is 14.3. The summed E-state index contributed by atoms with van der Waals surface area (Å²) >= 11 is 6.16. The number of likely N-dealkylation sites (N-methyl/N-ethyl adjacent to an activating group) is 1. The predicted octanol–water partition coefficient (Wildman–Crippen LogP) is 2.04. The van der Waals surface area contributed by atoms with Gasteiger partial charge in [-0.1, -0.05) is 23.7 Å². The second kappa shape index (κ2) is 7.92. The fraction of sp³-hybridized carbons (Fsp3) is 0.300. The number of hydrogen-bond donors (Lipinski definition) is 3. The van der Waals surface area contributed by atoms with Gasteiger partial charge in [0.2, 0.25) is 0 Å². The number of aromatic nitrogens is 3. The summed E-state index contributed by atoms with van der Waals surface area (Å²) in [6.07, 6.45) is 2.93. The zero-order chi connectivity index (χ0) is 21.4. The number of nitrogens with two attached hydrogens (primary N) is 1. The molecule has 9 nitrogen and oxygen atoms in total. The minimum absolute atomic E-state index is 0.106. The third-order valence-electron chi connectivity index (χ3n) is 5.50. The van der Waals surface area contributed by atoms with Gasteiger partial charge < -0.3 is 16.0 Å².